The van der Waals surface area contributed by atoms with Gasteiger partial charge in [-0.25, -0.2) is 9.78 Å². The average Bonchev–Trinajstić information content (AvgIpc) is 2.46. The summed E-state index contributed by atoms with van der Waals surface area (Å²) in [5, 5.41) is 9.26. The maximum Gasteiger partial charge on any atom is 0.341 e. The van der Waals surface area contributed by atoms with E-state index in [1.54, 1.807) is 31.2 Å². The highest BCUT2D eigenvalue weighted by molar-refractivity contribution is 5.91. The van der Waals surface area contributed by atoms with Crippen LogP contribution in [-0.4, -0.2) is 30.3 Å². The van der Waals surface area contributed by atoms with E-state index in [9.17, 15) is 9.90 Å². The monoisotopic (exact) mass is 289 g/mol. The number of aromatic carboxylic acids is 1. The van der Waals surface area contributed by atoms with Gasteiger partial charge >= 0.3 is 5.97 Å². The second-order valence-electron chi connectivity index (χ2n) is 4.26. The summed E-state index contributed by atoms with van der Waals surface area (Å²) in [6, 6.07) is 6.55. The Labute approximate surface area is 121 Å². The topological polar surface area (TPSA) is 77.9 Å². The Morgan fingerprint density at radius 3 is 2.19 bits per heavy atom. The molecule has 6 heteroatoms. The number of benzene rings is 1. The van der Waals surface area contributed by atoms with E-state index in [0.717, 1.165) is 0 Å². The van der Waals surface area contributed by atoms with Crippen molar-refractivity contribution in [2.45, 2.75) is 6.92 Å². The largest absolute Gasteiger partial charge is 0.496 e. The second-order valence-corrected chi connectivity index (χ2v) is 4.26. The smallest absolute Gasteiger partial charge is 0.341 e. The number of methoxy groups -OCH3 is 2. The normalized spacial score (nSPS) is 10.0. The van der Waals surface area contributed by atoms with Crippen LogP contribution in [0.4, 0.5) is 0 Å². The highest BCUT2D eigenvalue weighted by Crippen LogP contribution is 2.31. The first-order chi connectivity index (χ1) is 10.0. The van der Waals surface area contributed by atoms with Crippen molar-refractivity contribution in [3.8, 4) is 23.1 Å². The summed E-state index contributed by atoms with van der Waals surface area (Å²) < 4.78 is 15.9. The van der Waals surface area contributed by atoms with Gasteiger partial charge in [-0.2, -0.15) is 0 Å². The number of nitrogens with zero attached hydrogens (tertiary/aromatic N) is 1. The molecular weight excluding hydrogens is 274 g/mol. The quantitative estimate of drug-likeness (QED) is 0.911. The van der Waals surface area contributed by atoms with Crippen molar-refractivity contribution < 1.29 is 24.1 Å². The molecule has 1 aromatic heterocycles. The molecule has 2 aromatic rings. The number of carboxylic acids is 1. The van der Waals surface area contributed by atoms with Crippen molar-refractivity contribution >= 4 is 5.97 Å². The molecule has 110 valence electrons. The molecule has 1 heterocycles. The van der Waals surface area contributed by atoms with E-state index in [2.05, 4.69) is 4.98 Å². The van der Waals surface area contributed by atoms with Gasteiger partial charge in [-0.1, -0.05) is 0 Å². The van der Waals surface area contributed by atoms with Crippen molar-refractivity contribution in [1.29, 1.82) is 0 Å². The lowest BCUT2D eigenvalue weighted by Crippen LogP contribution is -2.04. The van der Waals surface area contributed by atoms with E-state index >= 15 is 0 Å². The molecule has 0 bridgehead atoms. The van der Waals surface area contributed by atoms with Crippen molar-refractivity contribution in [2.24, 2.45) is 0 Å². The van der Waals surface area contributed by atoms with E-state index in [-0.39, 0.29) is 11.4 Å². The van der Waals surface area contributed by atoms with Gasteiger partial charge in [0.05, 0.1) is 14.2 Å². The summed E-state index contributed by atoms with van der Waals surface area (Å²) in [6.45, 7) is 1.68. The van der Waals surface area contributed by atoms with Crippen LogP contribution in [0.1, 0.15) is 15.9 Å². The molecule has 1 aromatic carbocycles. The Hall–Kier alpha value is -2.76. The minimum atomic E-state index is -1.09. The highest BCUT2D eigenvalue weighted by atomic mass is 16.5. The van der Waals surface area contributed by atoms with Gasteiger partial charge < -0.3 is 19.3 Å². The number of carboxylic acid groups (broad SMARTS) is 1. The lowest BCUT2D eigenvalue weighted by Gasteiger charge is -2.11. The third-order valence-corrected chi connectivity index (χ3v) is 2.88. The first-order valence-corrected chi connectivity index (χ1v) is 6.15. The van der Waals surface area contributed by atoms with Crippen molar-refractivity contribution in [3.63, 3.8) is 0 Å². The number of pyridine rings is 1. The molecule has 0 atom stereocenters. The molecule has 0 aliphatic carbocycles. The second kappa shape index (κ2) is 6.13. The molecule has 1 N–H and O–H groups in total. The van der Waals surface area contributed by atoms with Crippen molar-refractivity contribution in [3.05, 3.63) is 41.6 Å². The molecule has 0 fully saturated rings. The SMILES string of the molecule is COc1cc(OC)cc(Oc2nccc(C)c2C(=O)O)c1. The molecule has 0 aliphatic heterocycles. The van der Waals surface area contributed by atoms with Crippen LogP contribution < -0.4 is 14.2 Å². The van der Waals surface area contributed by atoms with Crippen LogP contribution in [0.15, 0.2) is 30.5 Å². The molecule has 0 aliphatic rings. The third kappa shape index (κ3) is 3.22. The van der Waals surface area contributed by atoms with E-state index in [4.69, 9.17) is 14.2 Å². The molecule has 0 amide bonds. The van der Waals surface area contributed by atoms with E-state index in [1.165, 1.54) is 20.4 Å². The molecule has 0 radical (unpaired) electrons. The number of ether oxygens (including phenoxy) is 3. The minimum Gasteiger partial charge on any atom is -0.496 e. The maximum absolute atomic E-state index is 11.3. The zero-order chi connectivity index (χ0) is 15.4. The summed E-state index contributed by atoms with van der Waals surface area (Å²) >= 11 is 0. The van der Waals surface area contributed by atoms with Gasteiger partial charge in [-0.05, 0) is 18.6 Å². The van der Waals surface area contributed by atoms with Crippen LogP contribution in [0, 0.1) is 6.92 Å². The van der Waals surface area contributed by atoms with Gasteiger partial charge in [0, 0.05) is 24.4 Å². The fraction of sp³-hybridized carbons (Fsp3) is 0.200. The lowest BCUT2D eigenvalue weighted by atomic mass is 10.1. The predicted molar refractivity (Wildman–Crippen MR) is 75.6 cm³/mol. The Morgan fingerprint density at radius 2 is 1.67 bits per heavy atom. The Balaban J connectivity index is 2.43. The standard InChI is InChI=1S/C15H15NO5/c1-9-4-5-16-14(13(9)15(17)18)21-12-7-10(19-2)6-11(8-12)20-3/h4-8H,1-3H3,(H,17,18). The number of hydrogen-bond acceptors (Lipinski definition) is 5. The zero-order valence-electron chi connectivity index (χ0n) is 11.9. The van der Waals surface area contributed by atoms with Crippen LogP contribution in [0.5, 0.6) is 23.1 Å². The highest BCUT2D eigenvalue weighted by Gasteiger charge is 2.17. The fourth-order valence-electron chi connectivity index (χ4n) is 1.82. The van der Waals surface area contributed by atoms with Crippen LogP contribution in [0.25, 0.3) is 0 Å². The van der Waals surface area contributed by atoms with E-state index < -0.39 is 5.97 Å². The summed E-state index contributed by atoms with van der Waals surface area (Å²) in [5.41, 5.74) is 0.599. The third-order valence-electron chi connectivity index (χ3n) is 2.88. The number of aryl methyl sites for hydroxylation is 1. The lowest BCUT2D eigenvalue weighted by molar-refractivity contribution is 0.0692. The Bertz CT molecular complexity index is 647. The first-order valence-electron chi connectivity index (χ1n) is 6.15. The maximum atomic E-state index is 11.3. The molecule has 0 saturated carbocycles. The number of rotatable bonds is 5. The summed E-state index contributed by atoms with van der Waals surface area (Å²) in [7, 11) is 3.04. The van der Waals surface area contributed by atoms with Gasteiger partial charge in [-0.3, -0.25) is 0 Å². The van der Waals surface area contributed by atoms with Crippen LogP contribution in [0.2, 0.25) is 0 Å². The van der Waals surface area contributed by atoms with Gasteiger partial charge in [0.1, 0.15) is 22.8 Å². The minimum absolute atomic E-state index is 0.0257. The van der Waals surface area contributed by atoms with Gasteiger partial charge in [0.15, 0.2) is 0 Å². The molecule has 0 saturated heterocycles. The summed E-state index contributed by atoms with van der Waals surface area (Å²) in [4.78, 5) is 15.3. The van der Waals surface area contributed by atoms with Gasteiger partial charge in [0.2, 0.25) is 5.88 Å². The fourth-order valence-corrected chi connectivity index (χ4v) is 1.82. The first kappa shape index (κ1) is 14.6. The van der Waals surface area contributed by atoms with Crippen LogP contribution >= 0.6 is 0 Å². The van der Waals surface area contributed by atoms with Gasteiger partial charge in [0.25, 0.3) is 0 Å². The van der Waals surface area contributed by atoms with E-state index in [0.29, 0.717) is 22.8 Å². The molecule has 0 spiro atoms. The van der Waals surface area contributed by atoms with Crippen molar-refractivity contribution in [1.82, 2.24) is 4.98 Å². The Morgan fingerprint density at radius 1 is 1.10 bits per heavy atom. The molecule has 6 nitrogen and oxygen atoms in total. The molecule has 0 unspecified atom stereocenters. The summed E-state index contributed by atoms with van der Waals surface area (Å²) in [5.74, 6) is 0.387. The molecule has 2 rings (SSSR count). The van der Waals surface area contributed by atoms with Crippen LogP contribution in [-0.2, 0) is 0 Å². The number of aromatic nitrogens is 1. The Kier molecular flexibility index (Phi) is 4.27. The van der Waals surface area contributed by atoms with Crippen LogP contribution in [0.3, 0.4) is 0 Å². The number of carbonyl (C=O) groups is 1. The molecular formula is C15H15NO5. The zero-order valence-corrected chi connectivity index (χ0v) is 11.9. The van der Waals surface area contributed by atoms with Gasteiger partial charge in [-0.15, -0.1) is 0 Å². The molecule has 21 heavy (non-hydrogen) atoms. The van der Waals surface area contributed by atoms with Crippen molar-refractivity contribution in [2.75, 3.05) is 14.2 Å². The number of hydrogen-bond donors (Lipinski definition) is 1. The average molecular weight is 289 g/mol. The predicted octanol–water partition coefficient (Wildman–Crippen LogP) is 2.90. The summed E-state index contributed by atoms with van der Waals surface area (Å²) in [6.07, 6.45) is 1.49. The van der Waals surface area contributed by atoms with E-state index in [1.807, 2.05) is 0 Å².